The lowest BCUT2D eigenvalue weighted by Gasteiger charge is -2.14. The minimum Gasteiger partial charge on any atom is -0.309 e. The van der Waals surface area contributed by atoms with Crippen LogP contribution >= 0.6 is 11.3 Å². The van der Waals surface area contributed by atoms with Gasteiger partial charge in [0.15, 0.2) is 0 Å². The maximum absolute atomic E-state index is 4.32. The number of rotatable bonds is 3. The summed E-state index contributed by atoms with van der Waals surface area (Å²) in [6.45, 7) is 2.00. The van der Waals surface area contributed by atoms with Crippen LogP contribution in [0.4, 0.5) is 0 Å². The van der Waals surface area contributed by atoms with Gasteiger partial charge < -0.3 is 5.32 Å². The monoisotopic (exact) mass is 218 g/mol. The Morgan fingerprint density at radius 1 is 1.27 bits per heavy atom. The molecule has 1 atom stereocenters. The van der Waals surface area contributed by atoms with Crippen LogP contribution in [0.15, 0.2) is 35.2 Å². The summed E-state index contributed by atoms with van der Waals surface area (Å²) >= 11 is 1.72. The molecule has 0 aliphatic rings. The fourth-order valence-electron chi connectivity index (χ4n) is 1.62. The summed E-state index contributed by atoms with van der Waals surface area (Å²) in [6, 6.07) is 6.57. The highest BCUT2D eigenvalue weighted by Crippen LogP contribution is 2.22. The smallest absolute Gasteiger partial charge is 0.0597 e. The van der Waals surface area contributed by atoms with E-state index < -0.39 is 0 Å². The molecule has 0 aliphatic heterocycles. The molecule has 2 heterocycles. The highest BCUT2D eigenvalue weighted by molar-refractivity contribution is 7.08. The number of thiophene rings is 1. The van der Waals surface area contributed by atoms with E-state index in [1.165, 1.54) is 11.1 Å². The Morgan fingerprint density at radius 2 is 2.13 bits per heavy atom. The van der Waals surface area contributed by atoms with Gasteiger partial charge in [-0.3, -0.25) is 4.98 Å². The molecule has 1 unspecified atom stereocenters. The molecule has 0 fully saturated rings. The molecular weight excluding hydrogens is 204 g/mol. The van der Waals surface area contributed by atoms with E-state index in [1.807, 2.05) is 26.2 Å². The predicted octanol–water partition coefficient (Wildman–Crippen LogP) is 2.76. The van der Waals surface area contributed by atoms with Crippen LogP contribution in [0, 0.1) is 6.92 Å². The van der Waals surface area contributed by atoms with Crippen molar-refractivity contribution < 1.29 is 0 Å². The van der Waals surface area contributed by atoms with Gasteiger partial charge in [-0.15, -0.1) is 0 Å². The fraction of sp³-hybridized carbons (Fsp3) is 0.250. The van der Waals surface area contributed by atoms with Crippen LogP contribution < -0.4 is 5.32 Å². The van der Waals surface area contributed by atoms with Crippen molar-refractivity contribution >= 4 is 11.3 Å². The van der Waals surface area contributed by atoms with Crippen LogP contribution in [0.1, 0.15) is 22.9 Å². The molecule has 2 rings (SSSR count). The molecule has 0 saturated carbocycles. The van der Waals surface area contributed by atoms with E-state index in [-0.39, 0.29) is 6.04 Å². The molecule has 2 aromatic heterocycles. The minimum absolute atomic E-state index is 0.254. The zero-order valence-electron chi connectivity index (χ0n) is 8.90. The second-order valence-electron chi connectivity index (χ2n) is 3.51. The third-order valence-electron chi connectivity index (χ3n) is 2.43. The first-order chi connectivity index (χ1) is 7.31. The van der Waals surface area contributed by atoms with Crippen molar-refractivity contribution in [1.82, 2.24) is 10.3 Å². The van der Waals surface area contributed by atoms with Gasteiger partial charge in [0.1, 0.15) is 0 Å². The third kappa shape index (κ3) is 2.25. The lowest BCUT2D eigenvalue weighted by atomic mass is 10.0. The molecule has 0 aromatic carbocycles. The number of nitrogens with zero attached hydrogens (tertiary/aromatic N) is 1. The van der Waals surface area contributed by atoms with Crippen molar-refractivity contribution in [1.29, 1.82) is 0 Å². The SMILES string of the molecule is CNC(c1ccc(C)nc1)c1ccsc1. The molecule has 3 heteroatoms. The van der Waals surface area contributed by atoms with E-state index in [9.17, 15) is 0 Å². The number of pyridine rings is 1. The molecule has 0 spiro atoms. The van der Waals surface area contributed by atoms with Gasteiger partial charge in [-0.2, -0.15) is 11.3 Å². The Morgan fingerprint density at radius 3 is 2.67 bits per heavy atom. The van der Waals surface area contributed by atoms with Crippen LogP contribution in [0.2, 0.25) is 0 Å². The van der Waals surface area contributed by atoms with Crippen molar-refractivity contribution in [2.24, 2.45) is 0 Å². The summed E-state index contributed by atoms with van der Waals surface area (Å²) in [5.41, 5.74) is 3.56. The van der Waals surface area contributed by atoms with E-state index in [1.54, 1.807) is 11.3 Å². The number of nitrogens with one attached hydrogen (secondary N) is 1. The van der Waals surface area contributed by atoms with E-state index in [4.69, 9.17) is 0 Å². The van der Waals surface area contributed by atoms with Gasteiger partial charge >= 0.3 is 0 Å². The van der Waals surface area contributed by atoms with Gasteiger partial charge in [-0.1, -0.05) is 6.07 Å². The molecule has 0 saturated heterocycles. The Hall–Kier alpha value is -1.19. The molecule has 0 aliphatic carbocycles. The van der Waals surface area contributed by atoms with Crippen LogP contribution in [0.5, 0.6) is 0 Å². The highest BCUT2D eigenvalue weighted by atomic mass is 32.1. The molecule has 0 amide bonds. The van der Waals surface area contributed by atoms with Crippen molar-refractivity contribution in [2.45, 2.75) is 13.0 Å². The van der Waals surface area contributed by atoms with Gasteiger partial charge in [-0.25, -0.2) is 0 Å². The zero-order valence-corrected chi connectivity index (χ0v) is 9.71. The van der Waals surface area contributed by atoms with Crippen LogP contribution in [-0.4, -0.2) is 12.0 Å². The maximum Gasteiger partial charge on any atom is 0.0597 e. The first kappa shape index (κ1) is 10.3. The molecule has 1 N–H and O–H groups in total. The summed E-state index contributed by atoms with van der Waals surface area (Å²) in [5, 5.41) is 7.57. The van der Waals surface area contributed by atoms with Crippen LogP contribution in [-0.2, 0) is 0 Å². The summed E-state index contributed by atoms with van der Waals surface area (Å²) in [7, 11) is 1.97. The first-order valence-electron chi connectivity index (χ1n) is 4.93. The number of hydrogen-bond acceptors (Lipinski definition) is 3. The normalized spacial score (nSPS) is 12.7. The summed E-state index contributed by atoms with van der Waals surface area (Å²) in [5.74, 6) is 0. The predicted molar refractivity (Wildman–Crippen MR) is 64.2 cm³/mol. The Kier molecular flexibility index (Phi) is 3.14. The standard InChI is InChI=1S/C12H14N2S/c1-9-3-4-10(7-14-9)12(13-2)11-5-6-15-8-11/h3-8,12-13H,1-2H3. The Balaban J connectivity index is 2.31. The van der Waals surface area contributed by atoms with Gasteiger partial charge in [0.2, 0.25) is 0 Å². The molecule has 15 heavy (non-hydrogen) atoms. The molecule has 2 nitrogen and oxygen atoms in total. The molecule has 2 aromatic rings. The maximum atomic E-state index is 4.32. The van der Waals surface area contributed by atoms with Crippen molar-refractivity contribution in [3.63, 3.8) is 0 Å². The van der Waals surface area contributed by atoms with E-state index in [0.29, 0.717) is 0 Å². The summed E-state index contributed by atoms with van der Waals surface area (Å²) in [6.07, 6.45) is 1.94. The van der Waals surface area contributed by atoms with E-state index in [2.05, 4.69) is 33.2 Å². The topological polar surface area (TPSA) is 24.9 Å². The van der Waals surface area contributed by atoms with Crippen molar-refractivity contribution in [3.8, 4) is 0 Å². The quantitative estimate of drug-likeness (QED) is 0.857. The molecule has 78 valence electrons. The Labute approximate surface area is 94.0 Å². The average molecular weight is 218 g/mol. The fourth-order valence-corrected chi connectivity index (χ4v) is 2.30. The van der Waals surface area contributed by atoms with Crippen LogP contribution in [0.3, 0.4) is 0 Å². The lowest BCUT2D eigenvalue weighted by molar-refractivity contribution is 0.690. The minimum atomic E-state index is 0.254. The second kappa shape index (κ2) is 4.55. The van der Waals surface area contributed by atoms with Gasteiger partial charge in [0.25, 0.3) is 0 Å². The van der Waals surface area contributed by atoms with Gasteiger partial charge in [-0.05, 0) is 48.0 Å². The number of hydrogen-bond donors (Lipinski definition) is 1. The highest BCUT2D eigenvalue weighted by Gasteiger charge is 2.11. The van der Waals surface area contributed by atoms with Crippen LogP contribution in [0.25, 0.3) is 0 Å². The van der Waals surface area contributed by atoms with Crippen molar-refractivity contribution in [3.05, 3.63) is 52.0 Å². The molecule has 0 bridgehead atoms. The van der Waals surface area contributed by atoms with Gasteiger partial charge in [0, 0.05) is 11.9 Å². The Bertz CT molecular complexity index is 406. The molecule has 0 radical (unpaired) electrons. The zero-order chi connectivity index (χ0) is 10.7. The third-order valence-corrected chi connectivity index (χ3v) is 3.13. The second-order valence-corrected chi connectivity index (χ2v) is 4.29. The summed E-state index contributed by atoms with van der Waals surface area (Å²) < 4.78 is 0. The lowest BCUT2D eigenvalue weighted by Crippen LogP contribution is -2.17. The first-order valence-corrected chi connectivity index (χ1v) is 5.87. The largest absolute Gasteiger partial charge is 0.309 e. The van der Waals surface area contributed by atoms with E-state index >= 15 is 0 Å². The van der Waals surface area contributed by atoms with E-state index in [0.717, 1.165) is 5.69 Å². The van der Waals surface area contributed by atoms with Gasteiger partial charge in [0.05, 0.1) is 6.04 Å². The summed E-state index contributed by atoms with van der Waals surface area (Å²) in [4.78, 5) is 4.32. The molecular formula is C12H14N2S. The average Bonchev–Trinajstić information content (AvgIpc) is 2.75. The number of aromatic nitrogens is 1. The number of aryl methyl sites for hydroxylation is 1. The van der Waals surface area contributed by atoms with Crippen molar-refractivity contribution in [2.75, 3.05) is 7.05 Å².